The van der Waals surface area contributed by atoms with Gasteiger partial charge in [0.15, 0.2) is 11.6 Å². The van der Waals surface area contributed by atoms with Gasteiger partial charge in [0.1, 0.15) is 5.82 Å². The van der Waals surface area contributed by atoms with Gasteiger partial charge in [-0.05, 0) is 49.7 Å². The van der Waals surface area contributed by atoms with Crippen molar-refractivity contribution in [1.82, 2.24) is 25.2 Å². The summed E-state index contributed by atoms with van der Waals surface area (Å²) >= 11 is 0. The highest BCUT2D eigenvalue weighted by Crippen LogP contribution is 2.34. The first-order valence-corrected chi connectivity index (χ1v) is 9.33. The van der Waals surface area contributed by atoms with Gasteiger partial charge in [-0.3, -0.25) is 9.39 Å². The summed E-state index contributed by atoms with van der Waals surface area (Å²) in [4.78, 5) is 4.36. The predicted octanol–water partition coefficient (Wildman–Crippen LogP) is 2.80. The molecule has 0 atom stereocenters. The van der Waals surface area contributed by atoms with E-state index in [9.17, 15) is 0 Å². The monoisotopic (exact) mass is 342 g/mol. The van der Waals surface area contributed by atoms with Gasteiger partial charge in [-0.2, -0.15) is 0 Å². The quantitative estimate of drug-likeness (QED) is 0.498. The van der Waals surface area contributed by atoms with Crippen LogP contribution in [0.2, 0.25) is 0 Å². The Balaban J connectivity index is 1.41. The molecule has 0 bridgehead atoms. The van der Waals surface area contributed by atoms with Gasteiger partial charge in [0.25, 0.3) is 0 Å². The molecule has 1 aliphatic carbocycles. The number of rotatable bonds is 5. The summed E-state index contributed by atoms with van der Waals surface area (Å²) in [6.07, 6.45) is 8.91. The van der Waals surface area contributed by atoms with Crippen molar-refractivity contribution in [2.24, 2.45) is 10.4 Å². The molecule has 25 heavy (non-hydrogen) atoms. The van der Waals surface area contributed by atoms with Crippen molar-refractivity contribution in [2.45, 2.75) is 58.4 Å². The Labute approximate surface area is 150 Å². The second-order valence-electron chi connectivity index (χ2n) is 7.73. The molecule has 6 nitrogen and oxygen atoms in total. The Kier molecular flexibility index (Phi) is 5.56. The van der Waals surface area contributed by atoms with Gasteiger partial charge in [0, 0.05) is 32.3 Å². The molecular weight excluding hydrogens is 312 g/mol. The van der Waals surface area contributed by atoms with Crippen LogP contribution in [0.25, 0.3) is 5.65 Å². The SMILES string of the molecule is CN=C(NCCCc1nnc2ccccn12)NC1CCC(C)(C)CC1. The maximum Gasteiger partial charge on any atom is 0.191 e. The molecule has 136 valence electrons. The molecule has 2 heterocycles. The molecule has 3 rings (SSSR count). The van der Waals surface area contributed by atoms with Gasteiger partial charge in [-0.15, -0.1) is 10.2 Å². The van der Waals surface area contributed by atoms with Crippen LogP contribution in [0.5, 0.6) is 0 Å². The van der Waals surface area contributed by atoms with Gasteiger partial charge in [-0.1, -0.05) is 19.9 Å². The van der Waals surface area contributed by atoms with Crippen LogP contribution in [0.4, 0.5) is 0 Å². The number of aryl methyl sites for hydroxylation is 1. The smallest absolute Gasteiger partial charge is 0.191 e. The van der Waals surface area contributed by atoms with E-state index in [-0.39, 0.29) is 0 Å². The molecule has 0 amide bonds. The molecule has 2 N–H and O–H groups in total. The molecule has 0 aliphatic heterocycles. The number of hydrogen-bond acceptors (Lipinski definition) is 3. The number of pyridine rings is 1. The summed E-state index contributed by atoms with van der Waals surface area (Å²) in [5.41, 5.74) is 1.40. The second kappa shape index (κ2) is 7.85. The minimum Gasteiger partial charge on any atom is -0.356 e. The highest BCUT2D eigenvalue weighted by atomic mass is 15.2. The van der Waals surface area contributed by atoms with Gasteiger partial charge in [-0.25, -0.2) is 0 Å². The van der Waals surface area contributed by atoms with Crippen LogP contribution < -0.4 is 10.6 Å². The first-order valence-electron chi connectivity index (χ1n) is 9.33. The molecule has 1 aliphatic rings. The molecule has 0 spiro atoms. The minimum absolute atomic E-state index is 0.496. The Morgan fingerprint density at radius 2 is 2.08 bits per heavy atom. The van der Waals surface area contributed by atoms with Crippen LogP contribution in [0.1, 0.15) is 51.8 Å². The number of fused-ring (bicyclic) bond motifs is 1. The number of nitrogens with zero attached hydrogens (tertiary/aromatic N) is 4. The molecule has 1 fully saturated rings. The average molecular weight is 342 g/mol. The van der Waals surface area contributed by atoms with E-state index in [2.05, 4.69) is 44.1 Å². The van der Waals surface area contributed by atoms with Gasteiger partial charge in [0.05, 0.1) is 0 Å². The summed E-state index contributed by atoms with van der Waals surface area (Å²) in [5.74, 6) is 1.92. The molecule has 2 aromatic rings. The van der Waals surface area contributed by atoms with E-state index in [4.69, 9.17) is 0 Å². The summed E-state index contributed by atoms with van der Waals surface area (Å²) in [5, 5.41) is 15.5. The maximum atomic E-state index is 4.36. The third kappa shape index (κ3) is 4.71. The fourth-order valence-electron chi connectivity index (χ4n) is 3.45. The third-order valence-corrected chi connectivity index (χ3v) is 5.16. The predicted molar refractivity (Wildman–Crippen MR) is 102 cm³/mol. The molecular formula is C19H30N6. The number of hydrogen-bond donors (Lipinski definition) is 2. The van der Waals surface area contributed by atoms with Crippen LogP contribution in [0.3, 0.4) is 0 Å². The van der Waals surface area contributed by atoms with Crippen LogP contribution in [-0.4, -0.2) is 40.2 Å². The Morgan fingerprint density at radius 3 is 2.84 bits per heavy atom. The fraction of sp³-hybridized carbons (Fsp3) is 0.632. The number of guanidine groups is 1. The van der Waals surface area contributed by atoms with Crippen LogP contribution in [-0.2, 0) is 6.42 Å². The van der Waals surface area contributed by atoms with Crippen molar-refractivity contribution in [3.63, 3.8) is 0 Å². The molecule has 0 aromatic carbocycles. The maximum absolute atomic E-state index is 4.36. The highest BCUT2D eigenvalue weighted by Gasteiger charge is 2.27. The van der Waals surface area contributed by atoms with Crippen molar-refractivity contribution in [3.8, 4) is 0 Å². The molecule has 0 radical (unpaired) electrons. The summed E-state index contributed by atoms with van der Waals surface area (Å²) < 4.78 is 2.05. The molecule has 6 heteroatoms. The lowest BCUT2D eigenvalue weighted by Crippen LogP contribution is -2.45. The summed E-state index contributed by atoms with van der Waals surface area (Å²) in [7, 11) is 1.84. The molecule has 0 saturated heterocycles. The van der Waals surface area contributed by atoms with Gasteiger partial charge in [0.2, 0.25) is 0 Å². The van der Waals surface area contributed by atoms with Crippen LogP contribution >= 0.6 is 0 Å². The van der Waals surface area contributed by atoms with Crippen molar-refractivity contribution >= 4 is 11.6 Å². The lowest BCUT2D eigenvalue weighted by atomic mass is 9.75. The minimum atomic E-state index is 0.496. The summed E-state index contributed by atoms with van der Waals surface area (Å²) in [6.45, 7) is 5.61. The normalized spacial score (nSPS) is 18.4. The van der Waals surface area contributed by atoms with E-state index in [0.29, 0.717) is 11.5 Å². The second-order valence-corrected chi connectivity index (χ2v) is 7.73. The zero-order valence-electron chi connectivity index (χ0n) is 15.6. The lowest BCUT2D eigenvalue weighted by molar-refractivity contribution is 0.216. The molecule has 2 aromatic heterocycles. The van der Waals surface area contributed by atoms with E-state index in [1.54, 1.807) is 0 Å². The van der Waals surface area contributed by atoms with Crippen LogP contribution in [0.15, 0.2) is 29.4 Å². The molecule has 0 unspecified atom stereocenters. The van der Waals surface area contributed by atoms with Gasteiger partial charge < -0.3 is 10.6 Å². The zero-order chi connectivity index (χ0) is 17.7. The van der Waals surface area contributed by atoms with E-state index in [1.165, 1.54) is 25.7 Å². The number of nitrogens with one attached hydrogen (secondary N) is 2. The van der Waals surface area contributed by atoms with Crippen molar-refractivity contribution in [3.05, 3.63) is 30.2 Å². The van der Waals surface area contributed by atoms with Crippen molar-refractivity contribution < 1.29 is 0 Å². The van der Waals surface area contributed by atoms with E-state index in [0.717, 1.165) is 36.8 Å². The number of aromatic nitrogens is 3. The topological polar surface area (TPSA) is 66.6 Å². The van der Waals surface area contributed by atoms with Crippen LogP contribution in [0, 0.1) is 5.41 Å². The Bertz CT molecular complexity index is 708. The largest absolute Gasteiger partial charge is 0.356 e. The number of aliphatic imine (C=N–C) groups is 1. The first kappa shape index (κ1) is 17.7. The van der Waals surface area contributed by atoms with E-state index < -0.39 is 0 Å². The van der Waals surface area contributed by atoms with E-state index >= 15 is 0 Å². The molecule has 1 saturated carbocycles. The fourth-order valence-corrected chi connectivity index (χ4v) is 3.45. The van der Waals surface area contributed by atoms with Crippen molar-refractivity contribution in [2.75, 3.05) is 13.6 Å². The first-order chi connectivity index (χ1) is 12.1. The highest BCUT2D eigenvalue weighted by molar-refractivity contribution is 5.79. The zero-order valence-corrected chi connectivity index (χ0v) is 15.6. The average Bonchev–Trinajstić information content (AvgIpc) is 3.02. The standard InChI is InChI=1S/C19H30N6/c1-19(2)11-9-15(10-12-19)22-18(20-3)21-13-6-8-17-24-23-16-7-4-5-14-25(16)17/h4-5,7,14-15H,6,8-13H2,1-3H3,(H2,20,21,22). The third-order valence-electron chi connectivity index (χ3n) is 5.16. The van der Waals surface area contributed by atoms with Crippen molar-refractivity contribution in [1.29, 1.82) is 0 Å². The van der Waals surface area contributed by atoms with E-state index in [1.807, 2.05) is 31.4 Å². The Morgan fingerprint density at radius 1 is 1.28 bits per heavy atom. The summed E-state index contributed by atoms with van der Waals surface area (Å²) in [6, 6.07) is 6.51. The Hall–Kier alpha value is -2.11. The lowest BCUT2D eigenvalue weighted by Gasteiger charge is -2.35. The van der Waals surface area contributed by atoms with Gasteiger partial charge >= 0.3 is 0 Å².